The summed E-state index contributed by atoms with van der Waals surface area (Å²) in [6, 6.07) is 0. The van der Waals surface area contributed by atoms with Crippen molar-refractivity contribution in [2.75, 3.05) is 14.1 Å². The van der Waals surface area contributed by atoms with Crippen LogP contribution in [0.25, 0.3) is 0 Å². The molecule has 0 saturated heterocycles. The van der Waals surface area contributed by atoms with Gasteiger partial charge in [0.2, 0.25) is 0 Å². The predicted molar refractivity (Wildman–Crippen MR) is 29.2 cm³/mol. The van der Waals surface area contributed by atoms with Crippen molar-refractivity contribution in [2.24, 2.45) is 0 Å². The van der Waals surface area contributed by atoms with Crippen LogP contribution in [-0.2, 0) is 0 Å². The molecule has 36 valence electrons. The van der Waals surface area contributed by atoms with Crippen LogP contribution >= 0.6 is 24.0 Å². The molecular weight excluding hydrogens is 292 g/mol. The van der Waals surface area contributed by atoms with E-state index in [1.165, 1.54) is 0 Å². The molecule has 0 aromatic carbocycles. The third-order valence-electron chi connectivity index (χ3n) is 0. The summed E-state index contributed by atoms with van der Waals surface area (Å²) in [6.07, 6.45) is 0. The van der Waals surface area contributed by atoms with E-state index in [4.69, 9.17) is 0 Å². The summed E-state index contributed by atoms with van der Waals surface area (Å²) in [5.41, 5.74) is 0. The van der Waals surface area contributed by atoms with Crippen LogP contribution < -0.4 is 29.3 Å². The van der Waals surface area contributed by atoms with Crippen LogP contribution in [0.4, 0.5) is 0 Å². The Balaban J connectivity index is -0.0000000200. The van der Waals surface area contributed by atoms with Gasteiger partial charge >= 0.3 is 0 Å². The van der Waals surface area contributed by atoms with Gasteiger partial charge in [-0.3, -0.25) is 0 Å². The molecule has 0 unspecified atom stereocenters. The van der Waals surface area contributed by atoms with Crippen LogP contribution in [0.15, 0.2) is 0 Å². The molecule has 3 heteroatoms. The molecule has 0 aliphatic heterocycles. The number of hydrogen-bond donors (Lipinski definition) is 1. The standard InChI is InChI=1S/C2H7N.2HI/c1-3-2;;/h3H,1-2H3;2*1H. The van der Waals surface area contributed by atoms with Crippen molar-refractivity contribution >= 4 is 24.0 Å². The summed E-state index contributed by atoms with van der Waals surface area (Å²) in [4.78, 5) is 0. The lowest BCUT2D eigenvalue weighted by atomic mass is 11.3. The highest BCUT2D eigenvalue weighted by molar-refractivity contribution is 14.0. The fourth-order valence-corrected chi connectivity index (χ4v) is 0. The minimum atomic E-state index is 0. The maximum atomic E-state index is 2.00. The molecule has 0 bridgehead atoms. The highest BCUT2D eigenvalue weighted by Crippen LogP contribution is 0.886. The van der Waals surface area contributed by atoms with Gasteiger partial charge in [0.1, 0.15) is 0 Å². The molecule has 0 atom stereocenters. The molecule has 0 aromatic heterocycles. The van der Waals surface area contributed by atoms with Crippen molar-refractivity contribution in [3.05, 3.63) is 0 Å². The SMILES string of the molecule is C[NH2+]C.I.[I-]. The fourth-order valence-electron chi connectivity index (χ4n) is 0. The highest BCUT2D eigenvalue weighted by atomic mass is 127. The van der Waals surface area contributed by atoms with Gasteiger partial charge in [-0.25, -0.2) is 0 Å². The molecule has 0 amide bonds. The van der Waals surface area contributed by atoms with Gasteiger partial charge in [0.15, 0.2) is 0 Å². The van der Waals surface area contributed by atoms with Gasteiger partial charge < -0.3 is 29.3 Å². The first kappa shape index (κ1) is 16.1. The summed E-state index contributed by atoms with van der Waals surface area (Å²) in [5, 5.41) is 2.00. The molecule has 0 aliphatic rings. The first-order chi connectivity index (χ1) is 1.41. The Bertz CT molecular complexity index is 7.61. The Morgan fingerprint density at radius 1 is 1.20 bits per heavy atom. The predicted octanol–water partition coefficient (Wildman–Crippen LogP) is -3.57. The molecular formula is C2H9I2N. The van der Waals surface area contributed by atoms with Crippen molar-refractivity contribution in [3.63, 3.8) is 0 Å². The summed E-state index contributed by atoms with van der Waals surface area (Å²) in [5.74, 6) is 0. The lowest BCUT2D eigenvalue weighted by Crippen LogP contribution is -3.00. The molecule has 1 nitrogen and oxygen atoms in total. The highest BCUT2D eigenvalue weighted by Gasteiger charge is 1.29. The molecule has 0 heterocycles. The third-order valence-corrected chi connectivity index (χ3v) is 0. The second-order valence-corrected chi connectivity index (χ2v) is 0.577. The Kier molecular flexibility index (Phi) is 58.3. The number of hydrogen-bond acceptors (Lipinski definition) is 0. The van der Waals surface area contributed by atoms with Gasteiger partial charge in [-0.15, -0.1) is 24.0 Å². The van der Waals surface area contributed by atoms with Gasteiger partial charge in [-0.1, -0.05) is 0 Å². The van der Waals surface area contributed by atoms with E-state index < -0.39 is 0 Å². The average Bonchev–Trinajstić information content (AvgIpc) is 0.918. The molecule has 0 aromatic rings. The lowest BCUT2D eigenvalue weighted by molar-refractivity contribution is -0.597. The van der Waals surface area contributed by atoms with Gasteiger partial charge in [-0.05, 0) is 0 Å². The van der Waals surface area contributed by atoms with E-state index in [9.17, 15) is 0 Å². The maximum absolute atomic E-state index is 2.00. The zero-order valence-electron chi connectivity index (χ0n) is 3.36. The van der Waals surface area contributed by atoms with E-state index in [-0.39, 0.29) is 48.0 Å². The Labute approximate surface area is 66.9 Å². The first-order valence-electron chi connectivity index (χ1n) is 1.15. The normalized spacial score (nSPS) is 3.60. The van der Waals surface area contributed by atoms with Crippen LogP contribution in [0.3, 0.4) is 0 Å². The van der Waals surface area contributed by atoms with Crippen LogP contribution in [0.1, 0.15) is 0 Å². The van der Waals surface area contributed by atoms with E-state index in [0.717, 1.165) is 0 Å². The smallest absolute Gasteiger partial charge is 0.0647 e. The molecule has 0 fully saturated rings. The minimum absolute atomic E-state index is 0. The molecule has 0 radical (unpaired) electrons. The van der Waals surface area contributed by atoms with E-state index in [1.807, 2.05) is 19.4 Å². The zero-order valence-corrected chi connectivity index (χ0v) is 7.85. The van der Waals surface area contributed by atoms with Gasteiger partial charge in [-0.2, -0.15) is 0 Å². The van der Waals surface area contributed by atoms with Gasteiger partial charge in [0.05, 0.1) is 14.1 Å². The molecule has 0 rings (SSSR count). The summed E-state index contributed by atoms with van der Waals surface area (Å²) < 4.78 is 0. The number of rotatable bonds is 0. The third kappa shape index (κ3) is 31.4. The van der Waals surface area contributed by atoms with Crippen LogP contribution in [-0.4, -0.2) is 14.1 Å². The van der Waals surface area contributed by atoms with Gasteiger partial charge in [0, 0.05) is 0 Å². The van der Waals surface area contributed by atoms with Crippen LogP contribution in [0, 0.1) is 0 Å². The van der Waals surface area contributed by atoms with E-state index in [0.29, 0.717) is 0 Å². The summed E-state index contributed by atoms with van der Waals surface area (Å²) in [6.45, 7) is 0. The van der Waals surface area contributed by atoms with Crippen molar-refractivity contribution in [2.45, 2.75) is 0 Å². The minimum Gasteiger partial charge on any atom is -1.00 e. The van der Waals surface area contributed by atoms with Crippen molar-refractivity contribution in [1.82, 2.24) is 0 Å². The quantitative estimate of drug-likeness (QED) is 0.446. The zero-order chi connectivity index (χ0) is 2.71. The van der Waals surface area contributed by atoms with Gasteiger partial charge in [0.25, 0.3) is 0 Å². The van der Waals surface area contributed by atoms with E-state index in [2.05, 4.69) is 0 Å². The Hall–Kier alpha value is 1.42. The molecule has 5 heavy (non-hydrogen) atoms. The van der Waals surface area contributed by atoms with E-state index >= 15 is 0 Å². The maximum Gasteiger partial charge on any atom is 0.0647 e. The van der Waals surface area contributed by atoms with Crippen LogP contribution in [0.5, 0.6) is 0 Å². The van der Waals surface area contributed by atoms with Crippen LogP contribution in [0.2, 0.25) is 0 Å². The Morgan fingerprint density at radius 3 is 1.20 bits per heavy atom. The number of nitrogens with two attached hydrogens (primary N) is 1. The topological polar surface area (TPSA) is 16.6 Å². The number of quaternary nitrogens is 1. The molecule has 0 saturated carbocycles. The monoisotopic (exact) mass is 301 g/mol. The second kappa shape index (κ2) is 18.1. The van der Waals surface area contributed by atoms with Crippen molar-refractivity contribution in [3.8, 4) is 0 Å². The largest absolute Gasteiger partial charge is 1.00 e. The molecule has 0 aliphatic carbocycles. The Morgan fingerprint density at radius 2 is 1.20 bits per heavy atom. The van der Waals surface area contributed by atoms with Crippen molar-refractivity contribution < 1.29 is 29.3 Å². The fraction of sp³-hybridized carbons (Fsp3) is 1.00. The lowest BCUT2D eigenvalue weighted by Gasteiger charge is -1.57. The summed E-state index contributed by atoms with van der Waals surface area (Å²) in [7, 11) is 4.00. The molecule has 2 N–H and O–H groups in total. The number of halogens is 2. The van der Waals surface area contributed by atoms with E-state index in [1.54, 1.807) is 0 Å². The first-order valence-corrected chi connectivity index (χ1v) is 1.15. The average molecular weight is 301 g/mol. The second-order valence-electron chi connectivity index (χ2n) is 0.577. The van der Waals surface area contributed by atoms with Crippen molar-refractivity contribution in [1.29, 1.82) is 0 Å². The summed E-state index contributed by atoms with van der Waals surface area (Å²) >= 11 is 0. The molecule has 0 spiro atoms.